The Kier molecular flexibility index (Phi) is 4.32. The maximum Gasteiger partial charge on any atom is 0.262 e. The molecule has 0 aliphatic heterocycles. The lowest BCUT2D eigenvalue weighted by molar-refractivity contribution is 0.0974. The van der Waals surface area contributed by atoms with E-state index in [0.29, 0.717) is 11.1 Å². The van der Waals surface area contributed by atoms with Gasteiger partial charge in [-0.3, -0.25) is 15.5 Å². The van der Waals surface area contributed by atoms with Crippen molar-refractivity contribution in [2.75, 3.05) is 0 Å². The number of phenolic OH excluding ortho intramolecular Hbond substituents is 1. The highest BCUT2D eigenvalue weighted by molar-refractivity contribution is 6.11. The van der Waals surface area contributed by atoms with Gasteiger partial charge in [0, 0.05) is 5.56 Å². The van der Waals surface area contributed by atoms with Gasteiger partial charge in [0.2, 0.25) is 0 Å². The molecule has 2 rings (SSSR count). The monoisotopic (exact) mass is 308 g/mol. The lowest BCUT2D eigenvalue weighted by atomic mass is 9.89. The van der Waals surface area contributed by atoms with Gasteiger partial charge in [-0.05, 0) is 42.7 Å². The highest BCUT2D eigenvalue weighted by Gasteiger charge is 2.22. The van der Waals surface area contributed by atoms with E-state index in [1.165, 1.54) is 12.1 Å². The molecule has 0 aromatic heterocycles. The van der Waals surface area contributed by atoms with Crippen LogP contribution in [0.5, 0.6) is 5.75 Å². The van der Waals surface area contributed by atoms with Crippen molar-refractivity contribution in [2.24, 2.45) is 5.73 Å². The lowest BCUT2D eigenvalue weighted by Crippen LogP contribution is -2.36. The van der Waals surface area contributed by atoms with Crippen molar-refractivity contribution >= 4 is 11.9 Å². The molecule has 5 N–H and O–H groups in total. The normalized spacial score (nSPS) is 9.96. The van der Waals surface area contributed by atoms with Gasteiger partial charge in [-0.15, -0.1) is 0 Å². The lowest BCUT2D eigenvalue weighted by Gasteiger charge is -2.16. The van der Waals surface area contributed by atoms with Crippen molar-refractivity contribution in [3.05, 3.63) is 52.6 Å². The molecule has 2 aromatic rings. The first-order chi connectivity index (χ1) is 10.9. The van der Waals surface area contributed by atoms with Gasteiger partial charge in [-0.1, -0.05) is 18.2 Å². The summed E-state index contributed by atoms with van der Waals surface area (Å²) in [5, 5.41) is 28.9. The molecule has 0 aliphatic rings. The first-order valence-corrected chi connectivity index (χ1v) is 6.84. The number of hydrogen-bond donors (Lipinski definition) is 4. The predicted molar refractivity (Wildman–Crippen MR) is 87.1 cm³/mol. The Labute approximate surface area is 133 Å². The van der Waals surface area contributed by atoms with E-state index >= 15 is 0 Å². The zero-order valence-corrected chi connectivity index (χ0v) is 12.8. The minimum Gasteiger partial charge on any atom is -0.507 e. The minimum absolute atomic E-state index is 0.0760. The Morgan fingerprint density at radius 3 is 2.61 bits per heavy atom. The van der Waals surface area contributed by atoms with Crippen molar-refractivity contribution in [2.45, 2.75) is 13.8 Å². The molecule has 6 nitrogen and oxygen atoms in total. The second-order valence-electron chi connectivity index (χ2n) is 5.11. The predicted octanol–water partition coefficient (Wildman–Crippen LogP) is 2.17. The van der Waals surface area contributed by atoms with Gasteiger partial charge in [0.25, 0.3) is 5.91 Å². The summed E-state index contributed by atoms with van der Waals surface area (Å²) in [6.07, 6.45) is 0. The first kappa shape index (κ1) is 16.0. The zero-order chi connectivity index (χ0) is 17.1. The van der Waals surface area contributed by atoms with Crippen LogP contribution in [0, 0.1) is 30.6 Å². The summed E-state index contributed by atoms with van der Waals surface area (Å²) in [4.78, 5) is 12.3. The first-order valence-electron chi connectivity index (χ1n) is 6.84. The van der Waals surface area contributed by atoms with Crippen LogP contribution in [0.15, 0.2) is 30.3 Å². The van der Waals surface area contributed by atoms with Crippen molar-refractivity contribution in [1.82, 2.24) is 5.32 Å². The average Bonchev–Trinajstić information content (AvgIpc) is 2.49. The van der Waals surface area contributed by atoms with Gasteiger partial charge in [-0.2, -0.15) is 5.26 Å². The topological polar surface area (TPSA) is 123 Å². The molecule has 1 amide bonds. The fourth-order valence-corrected chi connectivity index (χ4v) is 2.40. The molecule has 0 saturated carbocycles. The van der Waals surface area contributed by atoms with Gasteiger partial charge in [0.1, 0.15) is 5.75 Å². The Morgan fingerprint density at radius 2 is 2.00 bits per heavy atom. The molecule has 0 fully saturated rings. The Bertz CT molecular complexity index is 850. The highest BCUT2D eigenvalue weighted by Crippen LogP contribution is 2.35. The molecule has 0 bridgehead atoms. The van der Waals surface area contributed by atoms with Crippen LogP contribution in [0.4, 0.5) is 0 Å². The second kappa shape index (κ2) is 6.20. The SMILES string of the molecule is Cc1cccc(-c2c(C#N)ccc(O)c2C(=O)NC(=N)N)c1C. The molecule has 0 unspecified atom stereocenters. The summed E-state index contributed by atoms with van der Waals surface area (Å²) in [6, 6.07) is 10.3. The van der Waals surface area contributed by atoms with Crippen molar-refractivity contribution < 1.29 is 9.90 Å². The summed E-state index contributed by atoms with van der Waals surface area (Å²) >= 11 is 0. The van der Waals surface area contributed by atoms with Crippen LogP contribution < -0.4 is 11.1 Å². The van der Waals surface area contributed by atoms with Crippen LogP contribution in [-0.4, -0.2) is 17.0 Å². The molecule has 23 heavy (non-hydrogen) atoms. The zero-order valence-electron chi connectivity index (χ0n) is 12.8. The van der Waals surface area contributed by atoms with E-state index in [2.05, 4.69) is 5.32 Å². The average molecular weight is 308 g/mol. The number of phenols is 1. The molecule has 0 heterocycles. The molecule has 0 radical (unpaired) electrons. The van der Waals surface area contributed by atoms with Crippen molar-refractivity contribution in [3.8, 4) is 22.9 Å². The van der Waals surface area contributed by atoms with Gasteiger partial charge >= 0.3 is 0 Å². The molecule has 116 valence electrons. The van der Waals surface area contributed by atoms with Crippen molar-refractivity contribution in [1.29, 1.82) is 10.7 Å². The molecule has 6 heteroatoms. The molecule has 2 aromatic carbocycles. The summed E-state index contributed by atoms with van der Waals surface area (Å²) < 4.78 is 0. The Balaban J connectivity index is 2.83. The Morgan fingerprint density at radius 1 is 1.30 bits per heavy atom. The van der Waals surface area contributed by atoms with E-state index in [9.17, 15) is 15.2 Å². The summed E-state index contributed by atoms with van der Waals surface area (Å²) in [7, 11) is 0. The van der Waals surface area contributed by atoms with Crippen LogP contribution in [0.2, 0.25) is 0 Å². The number of nitrogens with one attached hydrogen (secondary N) is 2. The number of carbonyl (C=O) groups excluding carboxylic acids is 1. The molecular formula is C17H16N4O2. The number of aromatic hydroxyl groups is 1. The van der Waals surface area contributed by atoms with Crippen LogP contribution in [0.25, 0.3) is 11.1 Å². The smallest absolute Gasteiger partial charge is 0.262 e. The van der Waals surface area contributed by atoms with E-state index in [-0.39, 0.29) is 16.9 Å². The van der Waals surface area contributed by atoms with E-state index < -0.39 is 11.9 Å². The summed E-state index contributed by atoms with van der Waals surface area (Å²) in [5.41, 5.74) is 8.26. The van der Waals surface area contributed by atoms with Gasteiger partial charge in [0.05, 0.1) is 17.2 Å². The minimum atomic E-state index is -0.733. The van der Waals surface area contributed by atoms with Gasteiger partial charge in [0.15, 0.2) is 5.96 Å². The summed E-state index contributed by atoms with van der Waals surface area (Å²) in [5.74, 6) is -1.55. The van der Waals surface area contributed by atoms with Crippen molar-refractivity contribution in [3.63, 3.8) is 0 Å². The van der Waals surface area contributed by atoms with Gasteiger partial charge in [-0.25, -0.2) is 0 Å². The fourth-order valence-electron chi connectivity index (χ4n) is 2.40. The third kappa shape index (κ3) is 2.99. The molecular weight excluding hydrogens is 292 g/mol. The molecule has 0 aliphatic carbocycles. The summed E-state index contributed by atoms with van der Waals surface area (Å²) in [6.45, 7) is 3.80. The second-order valence-corrected chi connectivity index (χ2v) is 5.11. The third-order valence-electron chi connectivity index (χ3n) is 3.65. The van der Waals surface area contributed by atoms with E-state index in [0.717, 1.165) is 11.1 Å². The van der Waals surface area contributed by atoms with E-state index in [1.807, 2.05) is 32.0 Å². The number of carbonyl (C=O) groups is 1. The quantitative estimate of drug-likeness (QED) is 0.501. The van der Waals surface area contributed by atoms with Crippen LogP contribution >= 0.6 is 0 Å². The standard InChI is InChI=1S/C17H16N4O2/c1-9-4-3-5-12(10(9)2)14-11(8-18)6-7-13(22)15(14)16(23)21-17(19)20/h3-7,22H,1-2H3,(H4,19,20,21,23). The van der Waals surface area contributed by atoms with E-state index in [1.54, 1.807) is 6.07 Å². The van der Waals surface area contributed by atoms with Crippen LogP contribution in [0.3, 0.4) is 0 Å². The van der Waals surface area contributed by atoms with Crippen LogP contribution in [-0.2, 0) is 0 Å². The molecule has 0 saturated heterocycles. The number of nitrogens with zero attached hydrogens (tertiary/aromatic N) is 1. The largest absolute Gasteiger partial charge is 0.507 e. The number of guanidine groups is 1. The maximum absolute atomic E-state index is 12.3. The van der Waals surface area contributed by atoms with Gasteiger partial charge < -0.3 is 10.8 Å². The fraction of sp³-hybridized carbons (Fsp3) is 0.118. The maximum atomic E-state index is 12.3. The number of aryl methyl sites for hydroxylation is 1. The number of rotatable bonds is 2. The highest BCUT2D eigenvalue weighted by atomic mass is 16.3. The van der Waals surface area contributed by atoms with E-state index in [4.69, 9.17) is 11.1 Å². The number of amides is 1. The molecule has 0 atom stereocenters. The number of hydrogen-bond acceptors (Lipinski definition) is 4. The Hall–Kier alpha value is -3.33. The number of nitrogens with two attached hydrogens (primary N) is 1. The molecule has 0 spiro atoms. The number of benzene rings is 2. The number of nitriles is 1. The van der Waals surface area contributed by atoms with Crippen LogP contribution in [0.1, 0.15) is 27.0 Å². The third-order valence-corrected chi connectivity index (χ3v) is 3.65.